The molecule has 1 amide bonds. The summed E-state index contributed by atoms with van der Waals surface area (Å²) in [5, 5.41) is 4.39. The number of hydrogen-bond acceptors (Lipinski definition) is 4. The molecule has 0 N–H and O–H groups in total. The zero-order valence-electron chi connectivity index (χ0n) is 13.6. The Morgan fingerprint density at radius 3 is 2.87 bits per heavy atom. The van der Waals surface area contributed by atoms with Crippen molar-refractivity contribution < 1.29 is 9.53 Å². The van der Waals surface area contributed by atoms with Gasteiger partial charge < -0.3 is 9.64 Å². The van der Waals surface area contributed by atoms with E-state index in [1.54, 1.807) is 4.68 Å². The highest BCUT2D eigenvalue weighted by Gasteiger charge is 2.24. The first-order valence-corrected chi connectivity index (χ1v) is 8.03. The van der Waals surface area contributed by atoms with Crippen molar-refractivity contribution in [2.24, 2.45) is 0 Å². The van der Waals surface area contributed by atoms with Crippen LogP contribution in [0.3, 0.4) is 0 Å². The van der Waals surface area contributed by atoms with Crippen LogP contribution in [0, 0.1) is 6.92 Å². The number of aromatic nitrogens is 3. The van der Waals surface area contributed by atoms with Gasteiger partial charge in [-0.05, 0) is 13.3 Å². The van der Waals surface area contributed by atoms with Gasteiger partial charge in [0, 0.05) is 18.7 Å². The fourth-order valence-electron chi connectivity index (χ4n) is 2.79. The molecule has 0 spiro atoms. The molecule has 6 heteroatoms. The molecule has 1 aromatic heterocycles. The normalized spacial score (nSPS) is 18.2. The molecular weight excluding hydrogens is 292 g/mol. The molecule has 1 saturated heterocycles. The molecular formula is C17H22N4O2. The van der Waals surface area contributed by atoms with Crippen LogP contribution in [0.5, 0.6) is 0 Å². The molecule has 0 radical (unpaired) electrons. The Labute approximate surface area is 136 Å². The Kier molecular flexibility index (Phi) is 4.71. The molecule has 0 saturated carbocycles. The van der Waals surface area contributed by atoms with E-state index in [-0.39, 0.29) is 18.6 Å². The second-order valence-electron chi connectivity index (χ2n) is 5.75. The summed E-state index contributed by atoms with van der Waals surface area (Å²) in [6.45, 7) is 6.03. The van der Waals surface area contributed by atoms with Crippen LogP contribution in [-0.4, -0.2) is 51.4 Å². The van der Waals surface area contributed by atoms with Gasteiger partial charge >= 0.3 is 0 Å². The molecule has 1 aliphatic heterocycles. The van der Waals surface area contributed by atoms with Gasteiger partial charge in [-0.2, -0.15) is 5.10 Å². The Morgan fingerprint density at radius 2 is 2.13 bits per heavy atom. The van der Waals surface area contributed by atoms with Gasteiger partial charge in [0.1, 0.15) is 12.4 Å². The molecule has 2 aromatic rings. The number of rotatable bonds is 4. The summed E-state index contributed by atoms with van der Waals surface area (Å²) in [5.41, 5.74) is 0.967. The predicted molar refractivity (Wildman–Crippen MR) is 86.8 cm³/mol. The summed E-state index contributed by atoms with van der Waals surface area (Å²) >= 11 is 0. The maximum atomic E-state index is 12.6. The number of amides is 1. The molecule has 1 atom stereocenters. The highest BCUT2D eigenvalue weighted by molar-refractivity contribution is 5.76. The third kappa shape index (κ3) is 3.59. The Hall–Kier alpha value is -2.21. The van der Waals surface area contributed by atoms with Crippen LogP contribution >= 0.6 is 0 Å². The molecule has 122 valence electrons. The van der Waals surface area contributed by atoms with Crippen molar-refractivity contribution in [1.29, 1.82) is 0 Å². The maximum Gasteiger partial charge on any atom is 0.244 e. The summed E-state index contributed by atoms with van der Waals surface area (Å²) in [7, 11) is 0. The lowest BCUT2D eigenvalue weighted by Gasteiger charge is -2.32. The minimum atomic E-state index is 0.0637. The zero-order valence-corrected chi connectivity index (χ0v) is 13.6. The average Bonchev–Trinajstić information content (AvgIpc) is 2.96. The monoisotopic (exact) mass is 314 g/mol. The van der Waals surface area contributed by atoms with Gasteiger partial charge in [0.25, 0.3) is 0 Å². The van der Waals surface area contributed by atoms with Gasteiger partial charge in [-0.1, -0.05) is 37.3 Å². The van der Waals surface area contributed by atoms with Gasteiger partial charge in [0.05, 0.1) is 12.7 Å². The van der Waals surface area contributed by atoms with E-state index in [0.29, 0.717) is 25.5 Å². The average molecular weight is 314 g/mol. The van der Waals surface area contributed by atoms with Crippen molar-refractivity contribution in [3.8, 4) is 11.4 Å². The van der Waals surface area contributed by atoms with Gasteiger partial charge in [-0.15, -0.1) is 0 Å². The molecule has 1 fully saturated rings. The number of morpholine rings is 1. The first-order valence-electron chi connectivity index (χ1n) is 8.03. The molecule has 6 nitrogen and oxygen atoms in total. The van der Waals surface area contributed by atoms with E-state index in [0.717, 1.165) is 17.8 Å². The van der Waals surface area contributed by atoms with Gasteiger partial charge in [0.15, 0.2) is 5.82 Å². The van der Waals surface area contributed by atoms with Crippen LogP contribution in [-0.2, 0) is 16.1 Å². The molecule has 3 rings (SSSR count). The summed E-state index contributed by atoms with van der Waals surface area (Å²) < 4.78 is 7.32. The Balaban J connectivity index is 1.76. The molecule has 1 unspecified atom stereocenters. The summed E-state index contributed by atoms with van der Waals surface area (Å²) in [6.07, 6.45) is 1.06. The molecule has 0 aliphatic carbocycles. The number of carbonyl (C=O) groups excluding carboxylic acids is 1. The topological polar surface area (TPSA) is 60.2 Å². The van der Waals surface area contributed by atoms with Gasteiger partial charge in [0.2, 0.25) is 5.91 Å². The van der Waals surface area contributed by atoms with E-state index in [1.807, 2.05) is 42.2 Å². The highest BCUT2D eigenvalue weighted by Crippen LogP contribution is 2.17. The largest absolute Gasteiger partial charge is 0.375 e. The quantitative estimate of drug-likeness (QED) is 0.865. The van der Waals surface area contributed by atoms with Gasteiger partial charge in [-0.25, -0.2) is 9.67 Å². The fraction of sp³-hybridized carbons (Fsp3) is 0.471. The first-order chi connectivity index (χ1) is 11.2. The van der Waals surface area contributed by atoms with E-state index in [9.17, 15) is 4.79 Å². The van der Waals surface area contributed by atoms with Crippen molar-refractivity contribution in [2.45, 2.75) is 32.9 Å². The van der Waals surface area contributed by atoms with Gasteiger partial charge in [-0.3, -0.25) is 4.79 Å². The number of hydrogen-bond donors (Lipinski definition) is 0. The number of aryl methyl sites for hydroxylation is 1. The first kappa shape index (κ1) is 15.7. The van der Waals surface area contributed by atoms with Crippen LogP contribution in [0.15, 0.2) is 30.3 Å². The number of ether oxygens (including phenoxy) is 1. The Bertz CT molecular complexity index is 668. The lowest BCUT2D eigenvalue weighted by molar-refractivity contribution is -0.139. The van der Waals surface area contributed by atoms with E-state index in [2.05, 4.69) is 17.0 Å². The zero-order chi connectivity index (χ0) is 16.2. The lowest BCUT2D eigenvalue weighted by Crippen LogP contribution is -2.46. The van der Waals surface area contributed by atoms with Crippen molar-refractivity contribution in [3.63, 3.8) is 0 Å². The number of carbonyl (C=O) groups is 1. The van der Waals surface area contributed by atoms with E-state index in [4.69, 9.17) is 4.74 Å². The summed E-state index contributed by atoms with van der Waals surface area (Å²) in [6, 6.07) is 9.83. The minimum absolute atomic E-state index is 0.0637. The van der Waals surface area contributed by atoms with Crippen molar-refractivity contribution >= 4 is 5.91 Å². The predicted octanol–water partition coefficient (Wildman–Crippen LogP) is 1.89. The molecule has 1 aromatic carbocycles. The summed E-state index contributed by atoms with van der Waals surface area (Å²) in [5.74, 6) is 1.47. The van der Waals surface area contributed by atoms with Crippen LogP contribution in [0.25, 0.3) is 11.4 Å². The molecule has 0 bridgehead atoms. The van der Waals surface area contributed by atoms with E-state index < -0.39 is 0 Å². The van der Waals surface area contributed by atoms with Crippen LogP contribution in [0.1, 0.15) is 19.2 Å². The van der Waals surface area contributed by atoms with Crippen LogP contribution < -0.4 is 0 Å². The second-order valence-corrected chi connectivity index (χ2v) is 5.75. The highest BCUT2D eigenvalue weighted by atomic mass is 16.5. The molecule has 1 aliphatic rings. The molecule has 2 heterocycles. The number of benzene rings is 1. The third-order valence-electron chi connectivity index (χ3n) is 4.04. The lowest BCUT2D eigenvalue weighted by atomic mass is 10.2. The van der Waals surface area contributed by atoms with E-state index in [1.165, 1.54) is 0 Å². The fourth-order valence-corrected chi connectivity index (χ4v) is 2.79. The molecule has 23 heavy (non-hydrogen) atoms. The van der Waals surface area contributed by atoms with Crippen molar-refractivity contribution in [3.05, 3.63) is 36.2 Å². The minimum Gasteiger partial charge on any atom is -0.375 e. The van der Waals surface area contributed by atoms with Crippen LogP contribution in [0.2, 0.25) is 0 Å². The summed E-state index contributed by atoms with van der Waals surface area (Å²) in [4.78, 5) is 18.9. The SMILES string of the molecule is CCC1CN(C(=O)Cn2nc(C)nc2-c2ccccc2)CCO1. The standard InChI is InChI=1S/C17H22N4O2/c1-3-15-11-20(9-10-23-15)16(22)12-21-17(18-13(2)19-21)14-7-5-4-6-8-14/h4-8,15H,3,9-12H2,1-2H3. The Morgan fingerprint density at radius 1 is 1.35 bits per heavy atom. The van der Waals surface area contributed by atoms with E-state index >= 15 is 0 Å². The van der Waals surface area contributed by atoms with Crippen molar-refractivity contribution in [1.82, 2.24) is 19.7 Å². The third-order valence-corrected chi connectivity index (χ3v) is 4.04. The van der Waals surface area contributed by atoms with Crippen LogP contribution in [0.4, 0.5) is 0 Å². The number of nitrogens with zero attached hydrogens (tertiary/aromatic N) is 4. The maximum absolute atomic E-state index is 12.6. The smallest absolute Gasteiger partial charge is 0.244 e. The second kappa shape index (κ2) is 6.91. The van der Waals surface area contributed by atoms with Crippen molar-refractivity contribution in [2.75, 3.05) is 19.7 Å².